The highest BCUT2D eigenvalue weighted by Gasteiger charge is 2.30. The molecular formula is C21H20FN5O5S2. The topological polar surface area (TPSA) is 149 Å². The lowest BCUT2D eigenvalue weighted by molar-refractivity contribution is 0.0959. The molecule has 34 heavy (non-hydrogen) atoms. The van der Waals surface area contributed by atoms with Crippen molar-refractivity contribution in [1.82, 2.24) is 19.9 Å². The first-order valence-corrected chi connectivity index (χ1v) is 12.2. The van der Waals surface area contributed by atoms with Crippen LogP contribution in [0.3, 0.4) is 0 Å². The van der Waals surface area contributed by atoms with E-state index in [1.165, 1.54) is 30.9 Å². The second kappa shape index (κ2) is 8.34. The molecule has 13 heteroatoms. The second-order valence-corrected chi connectivity index (χ2v) is 10.3. The van der Waals surface area contributed by atoms with E-state index in [0.717, 1.165) is 0 Å². The van der Waals surface area contributed by atoms with Gasteiger partial charge in [0.25, 0.3) is 21.5 Å². The number of fused-ring (bicyclic) bond motifs is 1. The maximum Gasteiger partial charge on any atom is 0.274 e. The third kappa shape index (κ3) is 3.87. The van der Waals surface area contributed by atoms with Gasteiger partial charge in [-0.3, -0.25) is 14.6 Å². The molecule has 4 N–H and O–H groups in total. The lowest BCUT2D eigenvalue weighted by Crippen LogP contribution is -2.19. The molecule has 4 aromatic heterocycles. The van der Waals surface area contributed by atoms with Crippen LogP contribution in [0.4, 0.5) is 4.39 Å². The molecule has 0 bridgehead atoms. The standard InChI is InChI=1S/C21H20FN5O5S2/c1-9-5-6-25-10(2)16(9)32-17-14(22)21(34(23,30)31)33-18(17)12-8-27(4)20(29)15-11(12)7-13(26-15)19(28)24-3/h5-8,26H,1-4H3,(H,24,28)(H2,23,30,31). The summed E-state index contributed by atoms with van der Waals surface area (Å²) < 4.78 is 46.1. The van der Waals surface area contributed by atoms with Crippen LogP contribution in [-0.4, -0.2) is 35.9 Å². The molecule has 0 saturated heterocycles. The fraction of sp³-hybridized carbons (Fsp3) is 0.190. The number of ether oxygens (including phenoxy) is 1. The van der Waals surface area contributed by atoms with E-state index in [2.05, 4.69) is 15.3 Å². The summed E-state index contributed by atoms with van der Waals surface area (Å²) in [4.78, 5) is 31.9. The normalized spacial score (nSPS) is 11.7. The summed E-state index contributed by atoms with van der Waals surface area (Å²) in [5.74, 6) is -1.75. The first-order valence-electron chi connectivity index (χ1n) is 9.84. The highest BCUT2D eigenvalue weighted by Crippen LogP contribution is 2.47. The molecule has 0 radical (unpaired) electrons. The molecule has 4 aromatic rings. The van der Waals surface area contributed by atoms with E-state index in [1.807, 2.05) is 0 Å². The van der Waals surface area contributed by atoms with E-state index in [9.17, 15) is 18.0 Å². The summed E-state index contributed by atoms with van der Waals surface area (Å²) >= 11 is 0.567. The highest BCUT2D eigenvalue weighted by molar-refractivity contribution is 7.91. The molecule has 0 atom stereocenters. The average Bonchev–Trinajstić information content (AvgIpc) is 3.35. The van der Waals surface area contributed by atoms with Crippen LogP contribution in [0.2, 0.25) is 0 Å². The minimum Gasteiger partial charge on any atom is -0.450 e. The van der Waals surface area contributed by atoms with Gasteiger partial charge in [0.15, 0.2) is 21.5 Å². The summed E-state index contributed by atoms with van der Waals surface area (Å²) in [7, 11) is -1.52. The molecule has 0 aliphatic carbocycles. The number of aryl methyl sites for hydroxylation is 3. The Kier molecular flexibility index (Phi) is 5.79. The molecule has 178 valence electrons. The van der Waals surface area contributed by atoms with Gasteiger partial charge < -0.3 is 19.6 Å². The first-order chi connectivity index (χ1) is 15.9. The molecule has 0 fully saturated rings. The second-order valence-electron chi connectivity index (χ2n) is 7.56. The van der Waals surface area contributed by atoms with Gasteiger partial charge in [-0.05, 0) is 31.5 Å². The van der Waals surface area contributed by atoms with Crippen molar-refractivity contribution in [1.29, 1.82) is 0 Å². The van der Waals surface area contributed by atoms with Crippen molar-refractivity contribution >= 4 is 38.2 Å². The van der Waals surface area contributed by atoms with Crippen LogP contribution in [0.5, 0.6) is 11.5 Å². The van der Waals surface area contributed by atoms with Crippen LogP contribution >= 0.6 is 11.3 Å². The van der Waals surface area contributed by atoms with Gasteiger partial charge in [-0.1, -0.05) is 0 Å². The number of pyridine rings is 2. The van der Waals surface area contributed by atoms with Crippen molar-refractivity contribution < 1.29 is 22.3 Å². The number of aromatic amines is 1. The van der Waals surface area contributed by atoms with Crippen molar-refractivity contribution in [3.05, 3.63) is 57.6 Å². The molecule has 0 aromatic carbocycles. The zero-order valence-electron chi connectivity index (χ0n) is 18.5. The lowest BCUT2D eigenvalue weighted by atomic mass is 10.1. The van der Waals surface area contributed by atoms with Crippen LogP contribution in [0.25, 0.3) is 21.3 Å². The summed E-state index contributed by atoms with van der Waals surface area (Å²) in [5, 5.41) is 8.01. The van der Waals surface area contributed by atoms with Gasteiger partial charge in [0.2, 0.25) is 0 Å². The number of nitrogens with one attached hydrogen (secondary N) is 2. The van der Waals surface area contributed by atoms with E-state index in [-0.39, 0.29) is 38.5 Å². The van der Waals surface area contributed by atoms with E-state index in [4.69, 9.17) is 9.88 Å². The number of primary sulfonamides is 1. The van der Waals surface area contributed by atoms with Crippen molar-refractivity contribution in [2.75, 3.05) is 7.05 Å². The number of halogens is 1. The number of aromatic nitrogens is 3. The van der Waals surface area contributed by atoms with Crippen molar-refractivity contribution in [2.45, 2.75) is 18.1 Å². The van der Waals surface area contributed by atoms with Gasteiger partial charge >= 0.3 is 0 Å². The van der Waals surface area contributed by atoms with Gasteiger partial charge in [0, 0.05) is 37.4 Å². The number of hydrogen-bond donors (Lipinski definition) is 3. The van der Waals surface area contributed by atoms with Crippen LogP contribution in [-0.2, 0) is 17.1 Å². The number of nitrogens with two attached hydrogens (primary N) is 1. The van der Waals surface area contributed by atoms with Crippen LogP contribution in [0, 0.1) is 19.7 Å². The van der Waals surface area contributed by atoms with E-state index < -0.39 is 31.5 Å². The van der Waals surface area contributed by atoms with Gasteiger partial charge in [-0.15, -0.1) is 11.3 Å². The smallest absolute Gasteiger partial charge is 0.274 e. The molecule has 4 heterocycles. The van der Waals surface area contributed by atoms with Gasteiger partial charge in [-0.2, -0.15) is 0 Å². The summed E-state index contributed by atoms with van der Waals surface area (Å²) in [6.45, 7) is 3.40. The summed E-state index contributed by atoms with van der Waals surface area (Å²) in [6, 6.07) is 3.10. The highest BCUT2D eigenvalue weighted by atomic mass is 32.2. The van der Waals surface area contributed by atoms with E-state index in [1.54, 1.807) is 26.1 Å². The third-order valence-corrected chi connectivity index (χ3v) is 7.82. The Morgan fingerprint density at radius 3 is 2.65 bits per heavy atom. The Morgan fingerprint density at radius 1 is 1.32 bits per heavy atom. The lowest BCUT2D eigenvalue weighted by Gasteiger charge is -2.12. The molecular weight excluding hydrogens is 485 g/mol. The molecule has 0 aliphatic rings. The minimum absolute atomic E-state index is 0.0761. The van der Waals surface area contributed by atoms with Crippen molar-refractivity contribution in [3.63, 3.8) is 0 Å². The Hall–Kier alpha value is -3.55. The van der Waals surface area contributed by atoms with Gasteiger partial charge in [-0.25, -0.2) is 17.9 Å². The number of H-pyrrole nitrogens is 1. The number of rotatable bonds is 5. The summed E-state index contributed by atoms with van der Waals surface area (Å²) in [5.41, 5.74) is 1.14. The van der Waals surface area contributed by atoms with E-state index >= 15 is 4.39 Å². The Labute approximate surface area is 197 Å². The fourth-order valence-corrected chi connectivity index (χ4v) is 5.46. The Bertz CT molecular complexity index is 1620. The number of nitrogens with zero attached hydrogens (tertiary/aromatic N) is 2. The maximum atomic E-state index is 15.5. The Balaban J connectivity index is 2.07. The van der Waals surface area contributed by atoms with Crippen molar-refractivity contribution in [3.8, 4) is 21.9 Å². The van der Waals surface area contributed by atoms with Gasteiger partial charge in [0.05, 0.1) is 10.6 Å². The van der Waals surface area contributed by atoms with E-state index in [0.29, 0.717) is 22.6 Å². The number of carbonyl (C=O) groups is 1. The molecule has 0 aliphatic heterocycles. The largest absolute Gasteiger partial charge is 0.450 e. The van der Waals surface area contributed by atoms with Crippen molar-refractivity contribution in [2.24, 2.45) is 12.2 Å². The SMILES string of the molecule is CNC(=O)c1cc2c(-c3sc(S(N)(=O)=O)c(F)c3Oc3c(C)ccnc3C)cn(C)c(=O)c2[nH]1. The predicted molar refractivity (Wildman–Crippen MR) is 125 cm³/mol. The van der Waals surface area contributed by atoms with Crippen LogP contribution in [0.1, 0.15) is 21.7 Å². The number of hydrogen-bond acceptors (Lipinski definition) is 7. The van der Waals surface area contributed by atoms with Crippen LogP contribution in [0.15, 0.2) is 33.5 Å². The zero-order chi connectivity index (χ0) is 24.9. The number of sulfonamides is 1. The summed E-state index contributed by atoms with van der Waals surface area (Å²) in [6.07, 6.45) is 2.98. The molecule has 0 saturated carbocycles. The monoisotopic (exact) mass is 505 g/mol. The Morgan fingerprint density at radius 2 is 2.03 bits per heavy atom. The van der Waals surface area contributed by atoms with Gasteiger partial charge in [0.1, 0.15) is 11.2 Å². The average molecular weight is 506 g/mol. The fourth-order valence-electron chi connectivity index (χ4n) is 3.54. The van der Waals surface area contributed by atoms with Crippen LogP contribution < -0.4 is 20.8 Å². The molecule has 1 amide bonds. The number of carbonyl (C=O) groups excluding carboxylic acids is 1. The quantitative estimate of drug-likeness (QED) is 0.379. The first kappa shape index (κ1) is 23.6. The molecule has 0 unspecified atom stereocenters. The third-order valence-electron chi connectivity index (χ3n) is 5.20. The molecule has 10 nitrogen and oxygen atoms in total. The molecule has 0 spiro atoms. The number of thiophene rings is 1. The maximum absolute atomic E-state index is 15.5. The zero-order valence-corrected chi connectivity index (χ0v) is 20.1. The predicted octanol–water partition coefficient (Wildman–Crippen LogP) is 2.55. The minimum atomic E-state index is -4.43. The number of amides is 1. The molecule has 4 rings (SSSR count).